The van der Waals surface area contributed by atoms with Gasteiger partial charge in [-0.25, -0.2) is 0 Å². The molecule has 0 aliphatic rings. The van der Waals surface area contributed by atoms with Crippen molar-refractivity contribution in [1.82, 2.24) is 10.1 Å². The van der Waals surface area contributed by atoms with Gasteiger partial charge in [0.1, 0.15) is 17.2 Å². The van der Waals surface area contributed by atoms with Crippen molar-refractivity contribution < 1.29 is 18.5 Å². The molecule has 2 heterocycles. The summed E-state index contributed by atoms with van der Waals surface area (Å²) in [5.41, 5.74) is 1.54. The van der Waals surface area contributed by atoms with Gasteiger partial charge in [-0.2, -0.15) is 0 Å². The minimum Gasteiger partial charge on any atom is -0.497 e. The molecule has 2 aromatic heterocycles. The van der Waals surface area contributed by atoms with Gasteiger partial charge < -0.3 is 18.6 Å². The molecule has 1 aromatic carbocycles. The molecule has 0 radical (unpaired) electrons. The van der Waals surface area contributed by atoms with Gasteiger partial charge in [0.05, 0.1) is 26.5 Å². The van der Waals surface area contributed by atoms with E-state index < -0.39 is 0 Å². The number of alkyl halides is 1. The molecule has 7 heteroatoms. The standard InChI is InChI=1S/C19H19ClN2O4/c1-24-16-6-4-14(5-7-16)18-11-15(21-26-18)12-22(19(23)8-9-20)13-17-3-2-10-25-17/h2-7,10-11H,8-9,12-13H2,1H3. The highest BCUT2D eigenvalue weighted by atomic mass is 35.5. The van der Waals surface area contributed by atoms with Crippen LogP contribution in [0.15, 0.2) is 57.7 Å². The Hall–Kier alpha value is -2.73. The van der Waals surface area contributed by atoms with Crippen LogP contribution in [0.1, 0.15) is 17.9 Å². The van der Waals surface area contributed by atoms with Crippen molar-refractivity contribution in [3.8, 4) is 17.1 Å². The highest BCUT2D eigenvalue weighted by molar-refractivity contribution is 6.18. The molecule has 0 saturated heterocycles. The number of hydrogen-bond donors (Lipinski definition) is 0. The van der Waals surface area contributed by atoms with Crippen molar-refractivity contribution in [3.05, 3.63) is 60.2 Å². The van der Waals surface area contributed by atoms with Crippen molar-refractivity contribution in [3.63, 3.8) is 0 Å². The first-order valence-corrected chi connectivity index (χ1v) is 8.69. The van der Waals surface area contributed by atoms with Gasteiger partial charge in [0.2, 0.25) is 5.91 Å². The van der Waals surface area contributed by atoms with Gasteiger partial charge in [-0.15, -0.1) is 11.6 Å². The van der Waals surface area contributed by atoms with Crippen molar-refractivity contribution >= 4 is 17.5 Å². The normalized spacial score (nSPS) is 10.7. The van der Waals surface area contributed by atoms with E-state index in [-0.39, 0.29) is 18.2 Å². The van der Waals surface area contributed by atoms with Gasteiger partial charge in [0.15, 0.2) is 5.76 Å². The quantitative estimate of drug-likeness (QED) is 0.555. The Balaban J connectivity index is 1.74. The van der Waals surface area contributed by atoms with Crippen molar-refractivity contribution in [2.75, 3.05) is 13.0 Å². The van der Waals surface area contributed by atoms with Crippen molar-refractivity contribution in [1.29, 1.82) is 0 Å². The second kappa shape index (κ2) is 8.58. The lowest BCUT2D eigenvalue weighted by molar-refractivity contribution is -0.132. The number of rotatable bonds is 8. The molecule has 0 fully saturated rings. The molecular formula is C19H19ClN2O4. The summed E-state index contributed by atoms with van der Waals surface area (Å²) in [7, 11) is 1.62. The van der Waals surface area contributed by atoms with E-state index in [1.54, 1.807) is 24.3 Å². The summed E-state index contributed by atoms with van der Waals surface area (Å²) in [4.78, 5) is 14.0. The number of carbonyl (C=O) groups is 1. The van der Waals surface area contributed by atoms with Crippen LogP contribution < -0.4 is 4.74 Å². The van der Waals surface area contributed by atoms with Crippen molar-refractivity contribution in [2.24, 2.45) is 0 Å². The van der Waals surface area contributed by atoms with Gasteiger partial charge in [0, 0.05) is 23.9 Å². The first-order chi connectivity index (χ1) is 12.7. The van der Waals surface area contributed by atoms with E-state index in [9.17, 15) is 4.79 Å². The SMILES string of the molecule is COc1ccc(-c2cc(CN(Cc3ccco3)C(=O)CCCl)no2)cc1. The van der Waals surface area contributed by atoms with E-state index in [1.165, 1.54) is 0 Å². The Bertz CT molecular complexity index is 828. The number of hydrogen-bond acceptors (Lipinski definition) is 5. The molecule has 0 atom stereocenters. The predicted molar refractivity (Wildman–Crippen MR) is 96.8 cm³/mol. The molecule has 0 bridgehead atoms. The Morgan fingerprint density at radius 2 is 2.04 bits per heavy atom. The molecule has 6 nitrogen and oxygen atoms in total. The summed E-state index contributed by atoms with van der Waals surface area (Å²) in [5.74, 6) is 2.30. The average molecular weight is 375 g/mol. The maximum absolute atomic E-state index is 12.3. The summed E-state index contributed by atoms with van der Waals surface area (Å²) in [6.45, 7) is 0.670. The van der Waals surface area contributed by atoms with Crippen LogP contribution in [-0.4, -0.2) is 29.0 Å². The highest BCUT2D eigenvalue weighted by Gasteiger charge is 2.18. The second-order valence-corrected chi connectivity index (χ2v) is 6.06. The van der Waals surface area contributed by atoms with E-state index >= 15 is 0 Å². The summed E-state index contributed by atoms with van der Waals surface area (Å²) in [6.07, 6.45) is 1.84. The topological polar surface area (TPSA) is 68.7 Å². The highest BCUT2D eigenvalue weighted by Crippen LogP contribution is 2.24. The minimum absolute atomic E-state index is 0.0644. The molecule has 0 unspecified atom stereocenters. The van der Waals surface area contributed by atoms with Crippen LogP contribution in [0.2, 0.25) is 0 Å². The van der Waals surface area contributed by atoms with Gasteiger partial charge >= 0.3 is 0 Å². The summed E-state index contributed by atoms with van der Waals surface area (Å²) >= 11 is 5.72. The number of amides is 1. The first kappa shape index (κ1) is 18.1. The Morgan fingerprint density at radius 1 is 1.23 bits per heavy atom. The van der Waals surface area contributed by atoms with Crippen molar-refractivity contribution in [2.45, 2.75) is 19.5 Å². The zero-order valence-electron chi connectivity index (χ0n) is 14.4. The van der Waals surface area contributed by atoms with Crippen LogP contribution in [0.5, 0.6) is 5.75 Å². The average Bonchev–Trinajstić information content (AvgIpc) is 3.33. The number of nitrogens with zero attached hydrogens (tertiary/aromatic N) is 2. The lowest BCUT2D eigenvalue weighted by Gasteiger charge is -2.20. The van der Waals surface area contributed by atoms with Gasteiger partial charge in [0.25, 0.3) is 0 Å². The van der Waals surface area contributed by atoms with Crippen LogP contribution in [0.25, 0.3) is 11.3 Å². The molecule has 0 saturated carbocycles. The lowest BCUT2D eigenvalue weighted by Crippen LogP contribution is -2.30. The summed E-state index contributed by atoms with van der Waals surface area (Å²) in [5, 5.41) is 4.08. The van der Waals surface area contributed by atoms with Gasteiger partial charge in [-0.05, 0) is 36.4 Å². The molecule has 1 amide bonds. The molecule has 3 aromatic rings. The van der Waals surface area contributed by atoms with Crippen LogP contribution in [0.4, 0.5) is 0 Å². The largest absolute Gasteiger partial charge is 0.497 e. The minimum atomic E-state index is -0.0644. The monoisotopic (exact) mass is 374 g/mol. The Labute approximate surface area is 156 Å². The van der Waals surface area contributed by atoms with E-state index in [4.69, 9.17) is 25.3 Å². The summed E-state index contributed by atoms with van der Waals surface area (Å²) < 4.78 is 15.9. The fourth-order valence-corrected chi connectivity index (χ4v) is 2.70. The number of carbonyl (C=O) groups excluding carboxylic acids is 1. The number of aromatic nitrogens is 1. The first-order valence-electron chi connectivity index (χ1n) is 8.15. The number of methoxy groups -OCH3 is 1. The van der Waals surface area contributed by atoms with E-state index in [2.05, 4.69) is 5.16 Å². The fraction of sp³-hybridized carbons (Fsp3) is 0.263. The molecule has 0 N–H and O–H groups in total. The molecule has 0 spiro atoms. The maximum Gasteiger partial charge on any atom is 0.224 e. The van der Waals surface area contributed by atoms with E-state index in [0.717, 1.165) is 11.3 Å². The third kappa shape index (κ3) is 4.46. The van der Waals surface area contributed by atoms with Gasteiger partial charge in [-0.1, -0.05) is 5.16 Å². The molecule has 0 aliphatic carbocycles. The fourth-order valence-electron chi connectivity index (χ4n) is 2.54. The zero-order chi connectivity index (χ0) is 18.4. The molecule has 136 valence electrons. The molecule has 3 rings (SSSR count). The zero-order valence-corrected chi connectivity index (χ0v) is 15.1. The second-order valence-electron chi connectivity index (χ2n) is 5.68. The Morgan fingerprint density at radius 3 is 2.69 bits per heavy atom. The number of furan rings is 1. The van der Waals surface area contributed by atoms with E-state index in [1.807, 2.05) is 36.4 Å². The predicted octanol–water partition coefficient (Wildman–Crippen LogP) is 4.10. The van der Waals surface area contributed by atoms with Crippen LogP contribution >= 0.6 is 11.6 Å². The van der Waals surface area contributed by atoms with Gasteiger partial charge in [-0.3, -0.25) is 4.79 Å². The Kier molecular flexibility index (Phi) is 5.96. The number of halogens is 1. The number of ether oxygens (including phenoxy) is 1. The third-order valence-corrected chi connectivity index (χ3v) is 4.06. The lowest BCUT2D eigenvalue weighted by atomic mass is 10.1. The third-order valence-electron chi connectivity index (χ3n) is 3.87. The van der Waals surface area contributed by atoms with Crippen LogP contribution in [-0.2, 0) is 17.9 Å². The molecular weight excluding hydrogens is 356 g/mol. The molecule has 0 aliphatic heterocycles. The van der Waals surface area contributed by atoms with Crippen LogP contribution in [0, 0.1) is 0 Å². The maximum atomic E-state index is 12.3. The number of benzene rings is 1. The van der Waals surface area contributed by atoms with E-state index in [0.29, 0.717) is 30.3 Å². The smallest absolute Gasteiger partial charge is 0.224 e. The summed E-state index contributed by atoms with van der Waals surface area (Å²) in [6, 6.07) is 12.9. The molecule has 26 heavy (non-hydrogen) atoms. The van der Waals surface area contributed by atoms with Crippen LogP contribution in [0.3, 0.4) is 0 Å².